The van der Waals surface area contributed by atoms with Gasteiger partial charge in [-0.25, -0.2) is 8.78 Å². The minimum atomic E-state index is -1.84. The van der Waals surface area contributed by atoms with E-state index in [4.69, 9.17) is 9.47 Å². The number of amides is 2. The monoisotopic (exact) mass is 572 g/mol. The van der Waals surface area contributed by atoms with Crippen LogP contribution >= 0.6 is 23.5 Å². The van der Waals surface area contributed by atoms with E-state index in [0.29, 0.717) is 37.9 Å². The number of nitrogens with one attached hydrogen (secondary N) is 2. The number of thioether (sulfide) groups is 2. The van der Waals surface area contributed by atoms with Crippen molar-refractivity contribution in [1.82, 2.24) is 10.6 Å². The van der Waals surface area contributed by atoms with Crippen molar-refractivity contribution in [3.05, 3.63) is 29.3 Å². The third kappa shape index (κ3) is 13.9. The number of benzene rings is 1. The van der Waals surface area contributed by atoms with Crippen molar-refractivity contribution in [2.75, 3.05) is 56.0 Å². The third-order valence-electron chi connectivity index (χ3n) is 4.51. The molecule has 8 nitrogen and oxygen atoms in total. The molecule has 1 aromatic carbocycles. The van der Waals surface area contributed by atoms with Crippen LogP contribution in [0.3, 0.4) is 0 Å². The quantitative estimate of drug-likeness (QED) is 0.0858. The number of carbonyl (C=O) groups excluding carboxylic acids is 3. The molecule has 14 heteroatoms. The molecule has 0 aliphatic heterocycles. The molecule has 0 spiro atoms. The van der Waals surface area contributed by atoms with Crippen LogP contribution in [0.1, 0.15) is 26.7 Å². The lowest BCUT2D eigenvalue weighted by Gasteiger charge is -2.19. The fraction of sp³-hybridized carbons (Fsp3) is 0.609. The molecule has 1 rings (SSSR count). The van der Waals surface area contributed by atoms with Gasteiger partial charge in [-0.15, -0.1) is 23.5 Å². The second kappa shape index (κ2) is 19.1. The summed E-state index contributed by atoms with van der Waals surface area (Å²) in [5.74, 6) is -8.93. The van der Waals surface area contributed by atoms with Gasteiger partial charge in [0.25, 0.3) is 0 Å². The molecule has 1 unspecified atom stereocenters. The summed E-state index contributed by atoms with van der Waals surface area (Å²) in [6.45, 7) is 5.82. The summed E-state index contributed by atoms with van der Waals surface area (Å²) in [6, 6.07) is -0.721. The molecule has 2 amide bonds. The summed E-state index contributed by atoms with van der Waals surface area (Å²) in [5, 5.41) is 5.35. The molecule has 0 radical (unpaired) electrons. The van der Waals surface area contributed by atoms with Crippen LogP contribution in [0.4, 0.5) is 17.6 Å². The van der Waals surface area contributed by atoms with Gasteiger partial charge in [0.05, 0.1) is 24.7 Å². The molecule has 0 fully saturated rings. The van der Waals surface area contributed by atoms with Crippen LogP contribution in [0.2, 0.25) is 0 Å². The van der Waals surface area contributed by atoms with E-state index in [9.17, 15) is 31.9 Å². The number of halogens is 4. The average molecular weight is 573 g/mol. The number of hydrogen-bond acceptors (Lipinski definition) is 8. The van der Waals surface area contributed by atoms with Crippen molar-refractivity contribution < 1.29 is 46.2 Å². The first-order valence-electron chi connectivity index (χ1n) is 11.6. The Hall–Kier alpha value is -2.03. The first-order chi connectivity index (χ1) is 17.7. The number of rotatable bonds is 19. The minimum Gasteiger partial charge on any atom is -0.420 e. The average Bonchev–Trinajstić information content (AvgIpc) is 2.86. The predicted molar refractivity (Wildman–Crippen MR) is 134 cm³/mol. The molecule has 1 atom stereocenters. The topological polar surface area (TPSA) is 103 Å². The Balaban J connectivity index is 2.65. The van der Waals surface area contributed by atoms with Crippen molar-refractivity contribution >= 4 is 41.3 Å². The molecule has 37 heavy (non-hydrogen) atoms. The SMILES string of the molecule is CCOCCSCC(=O)NCC(CCC(=O)Oc1c(F)c(F)cc(F)c1F)NC(=O)CSCCOCC. The van der Waals surface area contributed by atoms with Gasteiger partial charge in [0.1, 0.15) is 0 Å². The Labute approximate surface area is 221 Å². The van der Waals surface area contributed by atoms with E-state index in [2.05, 4.69) is 15.4 Å². The highest BCUT2D eigenvalue weighted by Gasteiger charge is 2.24. The zero-order chi connectivity index (χ0) is 27.6. The van der Waals surface area contributed by atoms with Crippen molar-refractivity contribution in [2.45, 2.75) is 32.7 Å². The number of esters is 1. The molecule has 2 N–H and O–H groups in total. The summed E-state index contributed by atoms with van der Waals surface area (Å²) in [5.41, 5.74) is 0. The van der Waals surface area contributed by atoms with E-state index < -0.39 is 47.5 Å². The van der Waals surface area contributed by atoms with E-state index in [1.54, 1.807) is 0 Å². The molecule has 0 heterocycles. The van der Waals surface area contributed by atoms with Crippen LogP contribution in [-0.2, 0) is 23.9 Å². The van der Waals surface area contributed by atoms with Crippen LogP contribution < -0.4 is 15.4 Å². The van der Waals surface area contributed by atoms with Gasteiger partial charge in [-0.3, -0.25) is 14.4 Å². The van der Waals surface area contributed by atoms with Crippen molar-refractivity contribution in [2.24, 2.45) is 0 Å². The van der Waals surface area contributed by atoms with Crippen LogP contribution in [0.15, 0.2) is 6.07 Å². The van der Waals surface area contributed by atoms with Crippen LogP contribution in [0, 0.1) is 23.3 Å². The highest BCUT2D eigenvalue weighted by atomic mass is 32.2. The smallest absolute Gasteiger partial charge is 0.311 e. The zero-order valence-electron chi connectivity index (χ0n) is 20.7. The highest BCUT2D eigenvalue weighted by Crippen LogP contribution is 2.26. The van der Waals surface area contributed by atoms with E-state index in [0.717, 1.165) is 0 Å². The first-order valence-corrected chi connectivity index (χ1v) is 13.9. The molecule has 0 saturated carbocycles. The zero-order valence-corrected chi connectivity index (χ0v) is 22.3. The second-order valence-corrected chi connectivity index (χ2v) is 9.59. The maximum absolute atomic E-state index is 13.8. The van der Waals surface area contributed by atoms with Gasteiger partial charge >= 0.3 is 5.97 Å². The molecule has 0 bridgehead atoms. The van der Waals surface area contributed by atoms with E-state index in [1.165, 1.54) is 23.5 Å². The number of hydrogen-bond donors (Lipinski definition) is 2. The molecular weight excluding hydrogens is 540 g/mol. The van der Waals surface area contributed by atoms with Gasteiger partial charge < -0.3 is 24.8 Å². The van der Waals surface area contributed by atoms with Gasteiger partial charge in [0, 0.05) is 49.8 Å². The predicted octanol–water partition coefficient (Wildman–Crippen LogP) is 3.07. The minimum absolute atomic E-state index is 0.00222. The summed E-state index contributed by atoms with van der Waals surface area (Å²) < 4.78 is 69.1. The maximum Gasteiger partial charge on any atom is 0.311 e. The summed E-state index contributed by atoms with van der Waals surface area (Å²) in [6.07, 6.45) is -0.536. The molecular formula is C23H32F4N2O6S2. The third-order valence-corrected chi connectivity index (χ3v) is 6.36. The Morgan fingerprint density at radius 1 is 0.892 bits per heavy atom. The van der Waals surface area contributed by atoms with E-state index in [-0.39, 0.29) is 42.4 Å². The lowest BCUT2D eigenvalue weighted by atomic mass is 10.1. The summed E-state index contributed by atoms with van der Waals surface area (Å²) >= 11 is 2.69. The normalized spacial score (nSPS) is 11.7. The standard InChI is InChI=1S/C23H32F4N2O6S2/c1-3-33-7-9-36-13-18(30)28-12-15(29-19(31)14-37-10-8-34-4-2)5-6-20(32)35-23-21(26)16(24)11-17(25)22(23)27/h11,15H,3-10,12-14H2,1-2H3,(H,28,30)(H,29,31). The van der Waals surface area contributed by atoms with Gasteiger partial charge in [0.2, 0.25) is 29.2 Å². The van der Waals surface area contributed by atoms with Gasteiger partial charge in [-0.1, -0.05) is 0 Å². The summed E-state index contributed by atoms with van der Waals surface area (Å²) in [7, 11) is 0. The molecule has 0 saturated heterocycles. The fourth-order valence-corrected chi connectivity index (χ4v) is 4.05. The van der Waals surface area contributed by atoms with Crippen molar-refractivity contribution in [1.29, 1.82) is 0 Å². The Morgan fingerprint density at radius 2 is 1.43 bits per heavy atom. The highest BCUT2D eigenvalue weighted by molar-refractivity contribution is 8.00. The van der Waals surface area contributed by atoms with E-state index >= 15 is 0 Å². The number of carbonyl (C=O) groups is 3. The maximum atomic E-state index is 13.8. The number of ether oxygens (including phenoxy) is 3. The Kier molecular flexibility index (Phi) is 17.0. The van der Waals surface area contributed by atoms with Crippen LogP contribution in [-0.4, -0.2) is 79.8 Å². The van der Waals surface area contributed by atoms with Crippen LogP contribution in [0.25, 0.3) is 0 Å². The lowest BCUT2D eigenvalue weighted by molar-refractivity contribution is -0.135. The molecule has 0 aliphatic carbocycles. The van der Waals surface area contributed by atoms with Gasteiger partial charge in [-0.2, -0.15) is 8.78 Å². The first kappa shape index (κ1) is 33.0. The van der Waals surface area contributed by atoms with E-state index in [1.807, 2.05) is 13.8 Å². The van der Waals surface area contributed by atoms with Crippen molar-refractivity contribution in [3.8, 4) is 5.75 Å². The fourth-order valence-electron chi connectivity index (χ4n) is 2.73. The molecule has 0 aromatic heterocycles. The second-order valence-electron chi connectivity index (χ2n) is 7.38. The largest absolute Gasteiger partial charge is 0.420 e. The molecule has 1 aromatic rings. The van der Waals surface area contributed by atoms with Gasteiger partial charge in [-0.05, 0) is 20.3 Å². The van der Waals surface area contributed by atoms with Crippen molar-refractivity contribution in [3.63, 3.8) is 0 Å². The molecule has 0 aliphatic rings. The summed E-state index contributed by atoms with van der Waals surface area (Å²) in [4.78, 5) is 36.5. The lowest BCUT2D eigenvalue weighted by Crippen LogP contribution is -2.45. The van der Waals surface area contributed by atoms with Crippen LogP contribution in [0.5, 0.6) is 5.75 Å². The van der Waals surface area contributed by atoms with Gasteiger partial charge in [0.15, 0.2) is 11.6 Å². The molecule has 210 valence electrons. The Morgan fingerprint density at radius 3 is 1.97 bits per heavy atom. The Bertz CT molecular complexity index is 856.